The summed E-state index contributed by atoms with van der Waals surface area (Å²) in [6.45, 7) is 6.36. The van der Waals surface area contributed by atoms with Crippen molar-refractivity contribution < 1.29 is 14.7 Å². The van der Waals surface area contributed by atoms with Gasteiger partial charge >= 0.3 is 5.97 Å². The van der Waals surface area contributed by atoms with E-state index in [9.17, 15) is 9.59 Å². The lowest BCUT2D eigenvalue weighted by molar-refractivity contribution is -0.131. The second kappa shape index (κ2) is 6.04. The van der Waals surface area contributed by atoms with Crippen molar-refractivity contribution in [3.05, 3.63) is 42.0 Å². The molecule has 0 atom stereocenters. The minimum absolute atomic E-state index is 0.0754. The first-order valence-corrected chi connectivity index (χ1v) is 5.86. The number of amides is 1. The van der Waals surface area contributed by atoms with E-state index in [1.807, 2.05) is 24.3 Å². The van der Waals surface area contributed by atoms with E-state index in [1.54, 1.807) is 0 Å². The molecule has 0 bridgehead atoms. The summed E-state index contributed by atoms with van der Waals surface area (Å²) in [5.41, 5.74) is 7.07. The fourth-order valence-electron chi connectivity index (χ4n) is 1.38. The largest absolute Gasteiger partial charge is 0.478 e. The Balaban J connectivity index is 2.55. The van der Waals surface area contributed by atoms with Gasteiger partial charge < -0.3 is 5.11 Å². The fraction of sp³-hybridized carbons (Fsp3) is 0.286. The van der Waals surface area contributed by atoms with Crippen LogP contribution in [0.4, 0.5) is 5.69 Å². The first kappa shape index (κ1) is 14.8. The molecule has 5 nitrogen and oxygen atoms in total. The van der Waals surface area contributed by atoms with Crippen molar-refractivity contribution in [1.29, 1.82) is 0 Å². The molecule has 102 valence electrons. The third-order valence-corrected chi connectivity index (χ3v) is 2.46. The number of hydrogen-bond acceptors (Lipinski definition) is 3. The number of anilines is 1. The first-order chi connectivity index (χ1) is 8.79. The Bertz CT molecular complexity index is 484. The molecule has 1 amide bonds. The molecular formula is C14H18N2O3. The van der Waals surface area contributed by atoms with Crippen LogP contribution in [0, 0.1) is 0 Å². The summed E-state index contributed by atoms with van der Waals surface area (Å²) >= 11 is 0. The van der Waals surface area contributed by atoms with Crippen LogP contribution in [0.5, 0.6) is 0 Å². The highest BCUT2D eigenvalue weighted by molar-refractivity contribution is 5.94. The van der Waals surface area contributed by atoms with Crippen molar-refractivity contribution in [2.45, 2.75) is 26.2 Å². The number of aliphatic carboxylic acids is 1. The number of carbonyl (C=O) groups is 2. The second-order valence-electron chi connectivity index (χ2n) is 5.11. The van der Waals surface area contributed by atoms with Gasteiger partial charge in [0.05, 0.1) is 5.69 Å². The fourth-order valence-corrected chi connectivity index (χ4v) is 1.38. The summed E-state index contributed by atoms with van der Waals surface area (Å²) in [4.78, 5) is 21.4. The van der Waals surface area contributed by atoms with Gasteiger partial charge in [0.25, 0.3) is 5.91 Å². The zero-order valence-electron chi connectivity index (χ0n) is 11.2. The van der Waals surface area contributed by atoms with Gasteiger partial charge in [0.2, 0.25) is 0 Å². The minimum atomic E-state index is -1.16. The normalized spacial score (nSPS) is 11.3. The van der Waals surface area contributed by atoms with Crippen LogP contribution >= 0.6 is 0 Å². The molecule has 0 unspecified atom stereocenters. The molecule has 0 fully saturated rings. The average Bonchev–Trinajstić information content (AvgIpc) is 2.33. The Morgan fingerprint density at radius 2 is 1.68 bits per heavy atom. The van der Waals surface area contributed by atoms with Crippen molar-refractivity contribution in [3.8, 4) is 0 Å². The lowest BCUT2D eigenvalue weighted by Crippen LogP contribution is -2.27. The van der Waals surface area contributed by atoms with Gasteiger partial charge in [-0.05, 0) is 23.1 Å². The van der Waals surface area contributed by atoms with Crippen molar-refractivity contribution >= 4 is 17.6 Å². The van der Waals surface area contributed by atoms with Crippen molar-refractivity contribution in [2.24, 2.45) is 0 Å². The topological polar surface area (TPSA) is 78.4 Å². The molecule has 0 aliphatic rings. The van der Waals surface area contributed by atoms with Crippen LogP contribution < -0.4 is 10.9 Å². The molecule has 5 heteroatoms. The van der Waals surface area contributed by atoms with Crippen LogP contribution in [0.25, 0.3) is 0 Å². The number of rotatable bonds is 4. The molecule has 3 N–H and O–H groups in total. The van der Waals surface area contributed by atoms with E-state index < -0.39 is 11.9 Å². The van der Waals surface area contributed by atoms with E-state index in [1.165, 1.54) is 5.56 Å². The molecule has 19 heavy (non-hydrogen) atoms. The molecule has 1 aromatic carbocycles. The number of hydrogen-bond donors (Lipinski definition) is 3. The quantitative estimate of drug-likeness (QED) is 0.573. The van der Waals surface area contributed by atoms with Gasteiger partial charge in [0.1, 0.15) is 0 Å². The maximum absolute atomic E-state index is 11.2. The van der Waals surface area contributed by atoms with Crippen LogP contribution in [0.2, 0.25) is 0 Å². The summed E-state index contributed by atoms with van der Waals surface area (Å²) in [7, 11) is 0. The van der Waals surface area contributed by atoms with Crippen LogP contribution in [0.15, 0.2) is 36.4 Å². The van der Waals surface area contributed by atoms with Crippen molar-refractivity contribution in [3.63, 3.8) is 0 Å². The molecular weight excluding hydrogens is 244 g/mol. The molecule has 0 spiro atoms. The predicted octanol–water partition coefficient (Wildman–Crippen LogP) is 2.07. The van der Waals surface area contributed by atoms with Gasteiger partial charge in [-0.2, -0.15) is 0 Å². The summed E-state index contributed by atoms with van der Waals surface area (Å²) in [5, 5.41) is 8.37. The van der Waals surface area contributed by atoms with Gasteiger partial charge in [-0.25, -0.2) is 4.79 Å². The van der Waals surface area contributed by atoms with E-state index in [2.05, 4.69) is 31.6 Å². The molecule has 0 aliphatic carbocycles. The molecule has 0 radical (unpaired) electrons. The first-order valence-electron chi connectivity index (χ1n) is 5.86. The van der Waals surface area contributed by atoms with Crippen molar-refractivity contribution in [1.82, 2.24) is 5.43 Å². The maximum Gasteiger partial charge on any atom is 0.328 e. The summed E-state index contributed by atoms with van der Waals surface area (Å²) in [6.07, 6.45) is 1.72. The Hall–Kier alpha value is -2.30. The Kier molecular flexibility index (Phi) is 4.69. The van der Waals surface area contributed by atoms with E-state index in [0.717, 1.165) is 17.8 Å². The molecule has 1 aromatic rings. The maximum atomic E-state index is 11.2. The second-order valence-corrected chi connectivity index (χ2v) is 5.11. The highest BCUT2D eigenvalue weighted by Crippen LogP contribution is 2.23. The SMILES string of the molecule is CC(C)(C)c1ccc(NNC(=O)/C=C\C(=O)O)cc1. The minimum Gasteiger partial charge on any atom is -0.478 e. The van der Waals surface area contributed by atoms with Gasteiger partial charge in [-0.3, -0.25) is 15.6 Å². The Morgan fingerprint density at radius 3 is 2.16 bits per heavy atom. The van der Waals surface area contributed by atoms with Crippen molar-refractivity contribution in [2.75, 3.05) is 5.43 Å². The van der Waals surface area contributed by atoms with E-state index in [0.29, 0.717) is 0 Å². The van der Waals surface area contributed by atoms with Gasteiger partial charge in [0.15, 0.2) is 0 Å². The van der Waals surface area contributed by atoms with Crippen LogP contribution in [0.1, 0.15) is 26.3 Å². The lowest BCUT2D eigenvalue weighted by atomic mass is 9.87. The average molecular weight is 262 g/mol. The number of benzene rings is 1. The Morgan fingerprint density at radius 1 is 1.11 bits per heavy atom. The number of carbonyl (C=O) groups excluding carboxylic acids is 1. The standard InChI is InChI=1S/C14H18N2O3/c1-14(2,3)10-4-6-11(7-5-10)15-16-12(17)8-9-13(18)19/h4-9,15H,1-3H3,(H,16,17)(H,18,19)/b9-8-. The van der Waals surface area contributed by atoms with Crippen LogP contribution in [-0.2, 0) is 15.0 Å². The number of carboxylic acids is 1. The molecule has 0 aliphatic heterocycles. The Labute approximate surface area is 112 Å². The molecule has 0 saturated heterocycles. The predicted molar refractivity (Wildman–Crippen MR) is 73.7 cm³/mol. The summed E-state index contributed by atoms with van der Waals surface area (Å²) in [6, 6.07) is 7.65. The highest BCUT2D eigenvalue weighted by atomic mass is 16.4. The van der Waals surface area contributed by atoms with Crippen LogP contribution in [0.3, 0.4) is 0 Å². The number of hydrazine groups is 1. The molecule has 0 heterocycles. The van der Waals surface area contributed by atoms with E-state index in [4.69, 9.17) is 5.11 Å². The van der Waals surface area contributed by atoms with Gasteiger partial charge in [0, 0.05) is 12.2 Å². The zero-order valence-corrected chi connectivity index (χ0v) is 11.2. The molecule has 1 rings (SSSR count). The zero-order chi connectivity index (χ0) is 14.5. The molecule has 0 aromatic heterocycles. The smallest absolute Gasteiger partial charge is 0.328 e. The summed E-state index contributed by atoms with van der Waals surface area (Å²) < 4.78 is 0. The summed E-state index contributed by atoms with van der Waals surface area (Å²) in [5.74, 6) is -1.69. The monoisotopic (exact) mass is 262 g/mol. The third-order valence-electron chi connectivity index (χ3n) is 2.46. The molecule has 0 saturated carbocycles. The number of carboxylic acid groups (broad SMARTS) is 1. The third kappa shape index (κ3) is 5.25. The van der Waals surface area contributed by atoms with Crippen LogP contribution in [-0.4, -0.2) is 17.0 Å². The van der Waals surface area contributed by atoms with Gasteiger partial charge in [-0.15, -0.1) is 0 Å². The van der Waals surface area contributed by atoms with E-state index >= 15 is 0 Å². The lowest BCUT2D eigenvalue weighted by Gasteiger charge is -2.19. The van der Waals surface area contributed by atoms with E-state index in [-0.39, 0.29) is 5.41 Å². The number of nitrogens with one attached hydrogen (secondary N) is 2. The highest BCUT2D eigenvalue weighted by Gasteiger charge is 2.12. The van der Waals surface area contributed by atoms with Gasteiger partial charge in [-0.1, -0.05) is 32.9 Å².